The van der Waals surface area contributed by atoms with Crippen LogP contribution in [-0.4, -0.2) is 44.4 Å². The Bertz CT molecular complexity index is 1670. The Morgan fingerprint density at radius 2 is 1.83 bits per heavy atom. The summed E-state index contributed by atoms with van der Waals surface area (Å²) in [5, 5.41) is 19.4. The first-order valence-electron chi connectivity index (χ1n) is 14.2. The summed E-state index contributed by atoms with van der Waals surface area (Å²) in [7, 11) is 1.89. The number of aliphatic carboxylic acids is 1. The summed E-state index contributed by atoms with van der Waals surface area (Å²) in [4.78, 5) is 29.0. The normalized spacial score (nSPS) is 16.7. The third-order valence-electron chi connectivity index (χ3n) is 8.42. The lowest BCUT2D eigenvalue weighted by Gasteiger charge is -2.17. The van der Waals surface area contributed by atoms with Crippen LogP contribution in [0.25, 0.3) is 22.0 Å². The summed E-state index contributed by atoms with van der Waals surface area (Å²) in [5.41, 5.74) is 7.45. The minimum absolute atomic E-state index is 0.314. The van der Waals surface area contributed by atoms with Gasteiger partial charge in [0.15, 0.2) is 0 Å². The average molecular weight is 612 g/mol. The molecule has 0 radical (unpaired) electrons. The summed E-state index contributed by atoms with van der Waals surface area (Å²) >= 11 is 13.1. The first-order chi connectivity index (χ1) is 20.0. The van der Waals surface area contributed by atoms with Crippen LogP contribution in [0.1, 0.15) is 64.2 Å². The molecule has 2 heterocycles. The molecule has 0 spiro atoms. The number of rotatable bonds is 9. The molecule has 42 heavy (non-hydrogen) atoms. The van der Waals surface area contributed by atoms with E-state index >= 15 is 0 Å². The molecule has 1 amide bonds. The number of amides is 1. The van der Waals surface area contributed by atoms with Crippen molar-refractivity contribution in [3.05, 3.63) is 68.1 Å². The molecular formula is C32H36Cl2N4O4. The number of fused-ring (bicyclic) bond motifs is 1. The minimum Gasteiger partial charge on any atom is -0.494 e. The maximum atomic E-state index is 13.8. The number of aryl methyl sites for hydroxylation is 5. The van der Waals surface area contributed by atoms with Crippen LogP contribution in [0, 0.1) is 33.6 Å². The second-order valence-electron chi connectivity index (χ2n) is 11.3. The predicted molar refractivity (Wildman–Crippen MR) is 166 cm³/mol. The van der Waals surface area contributed by atoms with Gasteiger partial charge in [-0.15, -0.1) is 0 Å². The summed E-state index contributed by atoms with van der Waals surface area (Å²) in [6.45, 7) is 8.28. The number of benzene rings is 2. The van der Waals surface area contributed by atoms with Crippen LogP contribution in [0.2, 0.25) is 10.0 Å². The third-order valence-corrected chi connectivity index (χ3v) is 9.33. The SMILES string of the molecule is Cc1cc(OCCCc2c(C(=O)NC3CCCC3C(=O)O)[nH]c3c(-c4c(C)nn(C)c4C)c(Cl)ccc23)cc(C)c1Cl. The molecule has 222 valence electrons. The zero-order valence-corrected chi connectivity index (χ0v) is 26.0. The quantitative estimate of drug-likeness (QED) is 0.175. The molecule has 1 aliphatic rings. The van der Waals surface area contributed by atoms with E-state index in [4.69, 9.17) is 27.9 Å². The van der Waals surface area contributed by atoms with Gasteiger partial charge in [0.05, 0.1) is 28.8 Å². The zero-order valence-electron chi connectivity index (χ0n) is 24.5. The monoisotopic (exact) mass is 610 g/mol. The fourth-order valence-electron chi connectivity index (χ4n) is 6.22. The van der Waals surface area contributed by atoms with Gasteiger partial charge in [-0.3, -0.25) is 14.3 Å². The molecule has 1 saturated carbocycles. The number of nitrogens with zero attached hydrogens (tertiary/aromatic N) is 2. The summed E-state index contributed by atoms with van der Waals surface area (Å²) in [5.74, 6) is -1.03. The number of carbonyl (C=O) groups excluding carboxylic acids is 1. The number of carbonyl (C=O) groups is 2. The van der Waals surface area contributed by atoms with Gasteiger partial charge in [0.2, 0.25) is 0 Å². The standard InChI is InChI=1S/C32H36Cl2N4O4/c1-16-14-20(15-17(2)28(16)34)42-13-7-9-21-22-11-12-24(33)27(26-18(3)37-38(5)19(26)4)29(22)36-30(21)31(39)35-25-10-6-8-23(25)32(40)41/h11-12,14-15,23,25,36H,6-10,13H2,1-5H3,(H,35,39)(H,40,41). The van der Waals surface area contributed by atoms with Crippen LogP contribution in [0.15, 0.2) is 24.3 Å². The van der Waals surface area contributed by atoms with Gasteiger partial charge in [-0.05, 0) is 88.3 Å². The predicted octanol–water partition coefficient (Wildman–Crippen LogP) is 7.10. The Morgan fingerprint density at radius 1 is 1.12 bits per heavy atom. The first-order valence-corrected chi connectivity index (χ1v) is 15.0. The number of halogens is 2. The number of H-pyrrole nitrogens is 1. The van der Waals surface area contributed by atoms with Crippen molar-refractivity contribution in [2.45, 2.75) is 65.8 Å². The molecule has 2 aromatic carbocycles. The molecule has 0 bridgehead atoms. The van der Waals surface area contributed by atoms with Crippen LogP contribution in [-0.2, 0) is 18.3 Å². The summed E-state index contributed by atoms with van der Waals surface area (Å²) < 4.78 is 7.88. The van der Waals surface area contributed by atoms with Crippen molar-refractivity contribution >= 4 is 46.0 Å². The Labute approximate surface area is 255 Å². The van der Waals surface area contributed by atoms with Gasteiger partial charge in [0.1, 0.15) is 11.4 Å². The van der Waals surface area contributed by atoms with E-state index in [2.05, 4.69) is 15.4 Å². The summed E-state index contributed by atoms with van der Waals surface area (Å²) in [6.07, 6.45) is 3.17. The molecule has 2 atom stereocenters. The third kappa shape index (κ3) is 5.62. The van der Waals surface area contributed by atoms with Crippen molar-refractivity contribution < 1.29 is 19.4 Å². The molecule has 0 saturated heterocycles. The van der Waals surface area contributed by atoms with E-state index in [1.807, 2.05) is 63.7 Å². The molecular weight excluding hydrogens is 575 g/mol. The molecule has 4 aromatic rings. The number of hydrogen-bond donors (Lipinski definition) is 3. The second-order valence-corrected chi connectivity index (χ2v) is 12.1. The van der Waals surface area contributed by atoms with Crippen molar-refractivity contribution in [1.29, 1.82) is 0 Å². The molecule has 8 nitrogen and oxygen atoms in total. The Hall–Kier alpha value is -3.49. The first kappa shape index (κ1) is 30.0. The Kier molecular flexibility index (Phi) is 8.58. The fourth-order valence-corrected chi connectivity index (χ4v) is 6.59. The Balaban J connectivity index is 1.50. The number of nitrogens with one attached hydrogen (secondary N) is 2. The smallest absolute Gasteiger partial charge is 0.308 e. The second kappa shape index (κ2) is 12.0. The van der Waals surface area contributed by atoms with Crippen LogP contribution < -0.4 is 10.1 Å². The number of aromatic nitrogens is 3. The fraction of sp³-hybridized carbons (Fsp3) is 0.406. The zero-order chi connectivity index (χ0) is 30.3. The lowest BCUT2D eigenvalue weighted by atomic mass is 9.98. The Morgan fingerprint density at radius 3 is 2.48 bits per heavy atom. The van der Waals surface area contributed by atoms with Gasteiger partial charge in [-0.25, -0.2) is 0 Å². The molecule has 1 aliphatic carbocycles. The molecule has 0 aliphatic heterocycles. The van der Waals surface area contributed by atoms with Crippen LogP contribution >= 0.6 is 23.2 Å². The lowest BCUT2D eigenvalue weighted by molar-refractivity contribution is -0.142. The molecule has 3 N–H and O–H groups in total. The van der Waals surface area contributed by atoms with Crippen molar-refractivity contribution in [3.8, 4) is 16.9 Å². The van der Waals surface area contributed by atoms with Gasteiger partial charge in [0.25, 0.3) is 5.91 Å². The number of carboxylic acid groups (broad SMARTS) is 1. The van der Waals surface area contributed by atoms with E-state index in [0.29, 0.717) is 43.0 Å². The van der Waals surface area contributed by atoms with E-state index in [1.54, 1.807) is 0 Å². The highest BCUT2D eigenvalue weighted by atomic mass is 35.5. The van der Waals surface area contributed by atoms with E-state index in [-0.39, 0.29) is 5.91 Å². The van der Waals surface area contributed by atoms with Gasteiger partial charge < -0.3 is 20.1 Å². The average Bonchev–Trinajstić information content (AvgIpc) is 3.61. The minimum atomic E-state index is -0.879. The maximum absolute atomic E-state index is 13.8. The van der Waals surface area contributed by atoms with E-state index in [9.17, 15) is 14.7 Å². The van der Waals surface area contributed by atoms with E-state index < -0.39 is 17.9 Å². The molecule has 1 fully saturated rings. The molecule has 2 unspecified atom stereocenters. The number of carboxylic acids is 1. The number of aromatic amines is 1. The highest BCUT2D eigenvalue weighted by Crippen LogP contribution is 2.40. The molecule has 10 heteroatoms. The van der Waals surface area contributed by atoms with Crippen molar-refractivity contribution in [2.75, 3.05) is 6.61 Å². The van der Waals surface area contributed by atoms with Crippen molar-refractivity contribution in [1.82, 2.24) is 20.1 Å². The van der Waals surface area contributed by atoms with Crippen LogP contribution in [0.5, 0.6) is 5.75 Å². The maximum Gasteiger partial charge on any atom is 0.308 e. The molecule has 2 aromatic heterocycles. The van der Waals surface area contributed by atoms with E-state index in [1.165, 1.54) is 0 Å². The van der Waals surface area contributed by atoms with Gasteiger partial charge in [-0.2, -0.15) is 5.10 Å². The number of hydrogen-bond acceptors (Lipinski definition) is 4. The van der Waals surface area contributed by atoms with Crippen molar-refractivity contribution in [3.63, 3.8) is 0 Å². The van der Waals surface area contributed by atoms with Crippen molar-refractivity contribution in [2.24, 2.45) is 13.0 Å². The highest BCUT2D eigenvalue weighted by molar-refractivity contribution is 6.35. The lowest BCUT2D eigenvalue weighted by Crippen LogP contribution is -2.40. The van der Waals surface area contributed by atoms with Gasteiger partial charge in [0, 0.05) is 40.3 Å². The van der Waals surface area contributed by atoms with Gasteiger partial charge >= 0.3 is 5.97 Å². The van der Waals surface area contributed by atoms with Crippen LogP contribution in [0.4, 0.5) is 0 Å². The summed E-state index contributed by atoms with van der Waals surface area (Å²) in [6, 6.07) is 7.23. The number of ether oxygens (including phenoxy) is 1. The largest absolute Gasteiger partial charge is 0.494 e. The van der Waals surface area contributed by atoms with E-state index in [0.717, 1.165) is 67.3 Å². The van der Waals surface area contributed by atoms with Crippen LogP contribution in [0.3, 0.4) is 0 Å². The topological polar surface area (TPSA) is 109 Å². The van der Waals surface area contributed by atoms with Gasteiger partial charge in [-0.1, -0.05) is 35.7 Å². The highest BCUT2D eigenvalue weighted by Gasteiger charge is 2.35. The molecule has 5 rings (SSSR count).